The first-order chi connectivity index (χ1) is 13.2. The molecular formula is C24H35NO2. The van der Waals surface area contributed by atoms with E-state index < -0.39 is 0 Å². The van der Waals surface area contributed by atoms with Crippen molar-refractivity contribution in [1.29, 1.82) is 0 Å². The van der Waals surface area contributed by atoms with Gasteiger partial charge in [-0.3, -0.25) is 0 Å². The number of rotatable bonds is 13. The molecule has 0 aliphatic carbocycles. The Balaban J connectivity index is 1.75. The summed E-state index contributed by atoms with van der Waals surface area (Å²) in [6.07, 6.45) is 7.27. The SMILES string of the molecule is CCCCCCCOc1ccc(CNCCc2ccccc2C)cc1OC. The van der Waals surface area contributed by atoms with Crippen LogP contribution in [0.2, 0.25) is 0 Å². The maximum atomic E-state index is 5.91. The molecule has 0 spiro atoms. The van der Waals surface area contributed by atoms with Gasteiger partial charge in [0.1, 0.15) is 0 Å². The molecule has 0 heterocycles. The van der Waals surface area contributed by atoms with Crippen LogP contribution in [0.3, 0.4) is 0 Å². The van der Waals surface area contributed by atoms with Crippen molar-refractivity contribution in [2.24, 2.45) is 0 Å². The van der Waals surface area contributed by atoms with E-state index in [0.717, 1.165) is 44.0 Å². The van der Waals surface area contributed by atoms with Gasteiger partial charge in [-0.2, -0.15) is 0 Å². The molecule has 2 aromatic carbocycles. The molecule has 0 atom stereocenters. The smallest absolute Gasteiger partial charge is 0.161 e. The summed E-state index contributed by atoms with van der Waals surface area (Å²) in [5.41, 5.74) is 3.98. The fourth-order valence-corrected chi connectivity index (χ4v) is 3.18. The molecule has 3 heteroatoms. The first-order valence-corrected chi connectivity index (χ1v) is 10.3. The van der Waals surface area contributed by atoms with Gasteiger partial charge in [0.25, 0.3) is 0 Å². The average molecular weight is 370 g/mol. The molecule has 27 heavy (non-hydrogen) atoms. The van der Waals surface area contributed by atoms with Gasteiger partial charge in [0, 0.05) is 6.54 Å². The Labute approximate surface area is 165 Å². The van der Waals surface area contributed by atoms with Gasteiger partial charge < -0.3 is 14.8 Å². The van der Waals surface area contributed by atoms with E-state index in [1.165, 1.54) is 42.4 Å². The number of hydrogen-bond donors (Lipinski definition) is 1. The Bertz CT molecular complexity index is 669. The number of ether oxygens (including phenoxy) is 2. The lowest BCUT2D eigenvalue weighted by atomic mass is 10.1. The Kier molecular flexibility index (Phi) is 9.78. The zero-order valence-corrected chi connectivity index (χ0v) is 17.2. The van der Waals surface area contributed by atoms with Crippen LogP contribution in [0.25, 0.3) is 0 Å². The van der Waals surface area contributed by atoms with Crippen LogP contribution >= 0.6 is 0 Å². The van der Waals surface area contributed by atoms with E-state index in [2.05, 4.69) is 55.6 Å². The molecule has 0 aliphatic heterocycles. The lowest BCUT2D eigenvalue weighted by Crippen LogP contribution is -2.17. The van der Waals surface area contributed by atoms with Gasteiger partial charge in [-0.15, -0.1) is 0 Å². The minimum atomic E-state index is 0.758. The second-order valence-electron chi connectivity index (χ2n) is 7.10. The Morgan fingerprint density at radius 2 is 1.74 bits per heavy atom. The summed E-state index contributed by atoms with van der Waals surface area (Å²) in [5, 5.41) is 3.52. The highest BCUT2D eigenvalue weighted by atomic mass is 16.5. The number of unbranched alkanes of at least 4 members (excludes halogenated alkanes) is 4. The van der Waals surface area contributed by atoms with Crippen molar-refractivity contribution in [2.45, 2.75) is 58.9 Å². The van der Waals surface area contributed by atoms with Crippen LogP contribution in [0.1, 0.15) is 55.7 Å². The van der Waals surface area contributed by atoms with Crippen molar-refractivity contribution in [2.75, 3.05) is 20.3 Å². The van der Waals surface area contributed by atoms with Gasteiger partial charge >= 0.3 is 0 Å². The fraction of sp³-hybridized carbons (Fsp3) is 0.500. The molecule has 2 rings (SSSR count). The van der Waals surface area contributed by atoms with Crippen molar-refractivity contribution in [3.05, 3.63) is 59.2 Å². The van der Waals surface area contributed by atoms with Gasteiger partial charge in [0.15, 0.2) is 11.5 Å². The maximum absolute atomic E-state index is 5.91. The molecule has 0 saturated carbocycles. The standard InChI is InChI=1S/C24H35NO2/c1-4-5-6-7-10-17-27-23-14-13-21(18-24(23)26-3)19-25-16-15-22-12-9-8-11-20(22)2/h8-9,11-14,18,25H,4-7,10,15-17,19H2,1-3H3. The van der Waals surface area contributed by atoms with Crippen LogP contribution < -0.4 is 14.8 Å². The van der Waals surface area contributed by atoms with Crippen LogP contribution in [0.15, 0.2) is 42.5 Å². The van der Waals surface area contributed by atoms with E-state index >= 15 is 0 Å². The van der Waals surface area contributed by atoms with Crippen LogP contribution in [-0.4, -0.2) is 20.3 Å². The molecule has 1 N–H and O–H groups in total. The predicted octanol–water partition coefficient (Wildman–Crippen LogP) is 5.69. The van der Waals surface area contributed by atoms with Crippen molar-refractivity contribution in [1.82, 2.24) is 5.32 Å². The van der Waals surface area contributed by atoms with Gasteiger partial charge in [-0.05, 0) is 55.1 Å². The van der Waals surface area contributed by atoms with Gasteiger partial charge in [0.05, 0.1) is 13.7 Å². The molecule has 0 radical (unpaired) electrons. The molecule has 0 amide bonds. The largest absolute Gasteiger partial charge is 0.493 e. The van der Waals surface area contributed by atoms with E-state index in [1.54, 1.807) is 7.11 Å². The molecule has 0 fully saturated rings. The second-order valence-corrected chi connectivity index (χ2v) is 7.10. The minimum absolute atomic E-state index is 0.758. The van der Waals surface area contributed by atoms with Crippen molar-refractivity contribution >= 4 is 0 Å². The van der Waals surface area contributed by atoms with E-state index in [9.17, 15) is 0 Å². The summed E-state index contributed by atoms with van der Waals surface area (Å²) in [7, 11) is 1.71. The van der Waals surface area contributed by atoms with Crippen LogP contribution in [0.5, 0.6) is 11.5 Å². The number of aryl methyl sites for hydroxylation is 1. The molecule has 2 aromatic rings. The number of hydrogen-bond acceptors (Lipinski definition) is 3. The minimum Gasteiger partial charge on any atom is -0.493 e. The van der Waals surface area contributed by atoms with E-state index in [4.69, 9.17) is 9.47 Å². The molecule has 148 valence electrons. The Hall–Kier alpha value is -2.00. The van der Waals surface area contributed by atoms with E-state index in [0.29, 0.717) is 0 Å². The topological polar surface area (TPSA) is 30.5 Å². The van der Waals surface area contributed by atoms with Crippen LogP contribution in [0, 0.1) is 6.92 Å². The fourth-order valence-electron chi connectivity index (χ4n) is 3.18. The number of nitrogens with one attached hydrogen (secondary N) is 1. The highest BCUT2D eigenvalue weighted by Gasteiger charge is 2.06. The Morgan fingerprint density at radius 1 is 0.926 bits per heavy atom. The molecular weight excluding hydrogens is 334 g/mol. The molecule has 0 aliphatic rings. The summed E-state index contributed by atoms with van der Waals surface area (Å²) in [6.45, 7) is 6.96. The lowest BCUT2D eigenvalue weighted by Gasteiger charge is -2.13. The third-order valence-corrected chi connectivity index (χ3v) is 4.89. The highest BCUT2D eigenvalue weighted by molar-refractivity contribution is 5.43. The monoisotopic (exact) mass is 369 g/mol. The quantitative estimate of drug-likeness (QED) is 0.460. The molecule has 0 aromatic heterocycles. The second kappa shape index (κ2) is 12.4. The van der Waals surface area contributed by atoms with E-state index in [1.807, 2.05) is 6.07 Å². The molecule has 0 saturated heterocycles. The number of methoxy groups -OCH3 is 1. The van der Waals surface area contributed by atoms with Crippen molar-refractivity contribution < 1.29 is 9.47 Å². The van der Waals surface area contributed by atoms with Crippen LogP contribution in [-0.2, 0) is 13.0 Å². The summed E-state index contributed by atoms with van der Waals surface area (Å²) in [6, 6.07) is 14.8. The third-order valence-electron chi connectivity index (χ3n) is 4.89. The third kappa shape index (κ3) is 7.64. The lowest BCUT2D eigenvalue weighted by molar-refractivity contribution is 0.284. The first kappa shape index (κ1) is 21.3. The zero-order valence-electron chi connectivity index (χ0n) is 17.2. The number of benzene rings is 2. The van der Waals surface area contributed by atoms with Gasteiger partial charge in [-0.1, -0.05) is 62.9 Å². The van der Waals surface area contributed by atoms with Crippen LogP contribution in [0.4, 0.5) is 0 Å². The highest BCUT2D eigenvalue weighted by Crippen LogP contribution is 2.28. The molecule has 3 nitrogen and oxygen atoms in total. The Morgan fingerprint density at radius 3 is 2.52 bits per heavy atom. The summed E-state index contributed by atoms with van der Waals surface area (Å²) < 4.78 is 11.4. The zero-order chi connectivity index (χ0) is 19.3. The summed E-state index contributed by atoms with van der Waals surface area (Å²) >= 11 is 0. The molecule has 0 bridgehead atoms. The molecule has 0 unspecified atom stereocenters. The van der Waals surface area contributed by atoms with Crippen molar-refractivity contribution in [3.8, 4) is 11.5 Å². The van der Waals surface area contributed by atoms with Gasteiger partial charge in [0.2, 0.25) is 0 Å². The van der Waals surface area contributed by atoms with E-state index in [-0.39, 0.29) is 0 Å². The predicted molar refractivity (Wildman–Crippen MR) is 114 cm³/mol. The summed E-state index contributed by atoms with van der Waals surface area (Å²) in [5.74, 6) is 1.67. The first-order valence-electron chi connectivity index (χ1n) is 10.3. The van der Waals surface area contributed by atoms with Gasteiger partial charge in [-0.25, -0.2) is 0 Å². The average Bonchev–Trinajstić information content (AvgIpc) is 2.69. The maximum Gasteiger partial charge on any atom is 0.161 e. The normalized spacial score (nSPS) is 10.8. The summed E-state index contributed by atoms with van der Waals surface area (Å²) in [4.78, 5) is 0. The van der Waals surface area contributed by atoms with Crippen molar-refractivity contribution in [3.63, 3.8) is 0 Å².